The summed E-state index contributed by atoms with van der Waals surface area (Å²) in [6.45, 7) is 3.89. The van der Waals surface area contributed by atoms with Crippen LogP contribution in [0.1, 0.15) is 12.0 Å². The monoisotopic (exact) mass is 479 g/mol. The van der Waals surface area contributed by atoms with Crippen LogP contribution in [0.5, 0.6) is 0 Å². The molecule has 0 atom stereocenters. The minimum atomic E-state index is -3.54. The Kier molecular flexibility index (Phi) is 8.05. The molecule has 0 saturated carbocycles. The summed E-state index contributed by atoms with van der Waals surface area (Å²) in [5.74, 6) is -0.232. The lowest BCUT2D eigenvalue weighted by Crippen LogP contribution is -2.51. The molecule has 174 valence electrons. The van der Waals surface area contributed by atoms with E-state index in [0.29, 0.717) is 32.6 Å². The number of rotatable bonds is 9. The van der Waals surface area contributed by atoms with Crippen molar-refractivity contribution in [1.29, 1.82) is 0 Å². The number of hydrogen-bond donors (Lipinski definition) is 1. The normalized spacial score (nSPS) is 16.0. The Morgan fingerprint density at radius 2 is 1.50 bits per heavy atom. The number of sulfone groups is 1. The maximum atomic E-state index is 12.8. The van der Waals surface area contributed by atoms with Crippen molar-refractivity contribution in [3.8, 4) is 0 Å². The first-order chi connectivity index (χ1) is 15.2. The van der Waals surface area contributed by atoms with Crippen LogP contribution in [0.15, 0.2) is 64.4 Å². The van der Waals surface area contributed by atoms with E-state index < -0.39 is 19.9 Å². The zero-order valence-electron chi connectivity index (χ0n) is 18.1. The molecule has 2 aromatic rings. The van der Waals surface area contributed by atoms with Crippen molar-refractivity contribution >= 4 is 25.8 Å². The van der Waals surface area contributed by atoms with E-state index in [1.165, 1.54) is 4.31 Å². The number of sulfonamides is 1. The summed E-state index contributed by atoms with van der Waals surface area (Å²) in [7, 11) is -6.89. The van der Waals surface area contributed by atoms with Crippen molar-refractivity contribution in [2.45, 2.75) is 23.1 Å². The van der Waals surface area contributed by atoms with Crippen LogP contribution in [-0.4, -0.2) is 77.0 Å². The fourth-order valence-corrected chi connectivity index (χ4v) is 6.24. The Morgan fingerprint density at radius 1 is 0.875 bits per heavy atom. The predicted octanol–water partition coefficient (Wildman–Crippen LogP) is 1.28. The first-order valence-electron chi connectivity index (χ1n) is 10.5. The second-order valence-corrected chi connectivity index (χ2v) is 11.9. The molecule has 0 unspecified atom stereocenters. The van der Waals surface area contributed by atoms with E-state index in [9.17, 15) is 21.6 Å². The van der Waals surface area contributed by atoms with Crippen molar-refractivity contribution in [2.75, 3.05) is 45.0 Å². The third-order valence-corrected chi connectivity index (χ3v) is 9.10. The van der Waals surface area contributed by atoms with Crippen molar-refractivity contribution in [3.05, 3.63) is 60.2 Å². The van der Waals surface area contributed by atoms with Gasteiger partial charge in [0, 0.05) is 32.7 Å². The minimum absolute atomic E-state index is 0.0349. The second-order valence-electron chi connectivity index (χ2n) is 7.83. The van der Waals surface area contributed by atoms with Crippen LogP contribution in [0.3, 0.4) is 0 Å². The highest BCUT2D eigenvalue weighted by Crippen LogP contribution is 2.18. The minimum Gasteiger partial charge on any atom is -0.355 e. The quantitative estimate of drug-likeness (QED) is 0.544. The summed E-state index contributed by atoms with van der Waals surface area (Å²) in [6.07, 6.45) is 0.325. The Labute approximate surface area is 190 Å². The highest BCUT2D eigenvalue weighted by Gasteiger charge is 2.29. The number of aryl methyl sites for hydroxylation is 1. The second kappa shape index (κ2) is 10.6. The van der Waals surface area contributed by atoms with Crippen LogP contribution in [0.4, 0.5) is 0 Å². The summed E-state index contributed by atoms with van der Waals surface area (Å²) in [4.78, 5) is 14.7. The van der Waals surface area contributed by atoms with E-state index in [4.69, 9.17) is 0 Å². The molecule has 8 nitrogen and oxygen atoms in total. The molecule has 0 radical (unpaired) electrons. The summed E-state index contributed by atoms with van der Waals surface area (Å²) in [6, 6.07) is 15.0. The number of carbonyl (C=O) groups excluding carboxylic acids is 1. The molecule has 1 fully saturated rings. The molecule has 0 aromatic heterocycles. The van der Waals surface area contributed by atoms with Crippen molar-refractivity contribution in [3.63, 3.8) is 0 Å². The maximum Gasteiger partial charge on any atom is 0.243 e. The Hall–Kier alpha value is -2.27. The van der Waals surface area contributed by atoms with E-state index in [1.54, 1.807) is 54.6 Å². The molecule has 1 aliphatic rings. The Balaban J connectivity index is 1.39. The van der Waals surface area contributed by atoms with E-state index in [1.807, 2.05) is 11.8 Å². The van der Waals surface area contributed by atoms with Gasteiger partial charge in [-0.3, -0.25) is 9.69 Å². The largest absolute Gasteiger partial charge is 0.355 e. The lowest BCUT2D eigenvalue weighted by Gasteiger charge is -2.33. The van der Waals surface area contributed by atoms with Crippen molar-refractivity contribution < 1.29 is 21.6 Å². The summed E-state index contributed by atoms with van der Waals surface area (Å²) in [5.41, 5.74) is 0.998. The van der Waals surface area contributed by atoms with Gasteiger partial charge in [0.25, 0.3) is 0 Å². The average Bonchev–Trinajstić information content (AvgIpc) is 2.78. The van der Waals surface area contributed by atoms with Crippen LogP contribution < -0.4 is 5.32 Å². The molecule has 2 aromatic carbocycles. The van der Waals surface area contributed by atoms with Gasteiger partial charge in [0.1, 0.15) is 0 Å². The van der Waals surface area contributed by atoms with Gasteiger partial charge in [-0.15, -0.1) is 0 Å². The summed E-state index contributed by atoms with van der Waals surface area (Å²) in [5, 5.41) is 2.75. The van der Waals surface area contributed by atoms with E-state index >= 15 is 0 Å². The first-order valence-corrected chi connectivity index (χ1v) is 13.6. The van der Waals surface area contributed by atoms with Gasteiger partial charge in [-0.1, -0.05) is 35.9 Å². The highest BCUT2D eigenvalue weighted by molar-refractivity contribution is 7.91. The summed E-state index contributed by atoms with van der Waals surface area (Å²) >= 11 is 0. The van der Waals surface area contributed by atoms with Crippen LogP contribution in [-0.2, 0) is 24.7 Å². The standard InChI is InChI=1S/C22H29N3O5S2/c1-19-8-10-21(11-9-19)32(29,30)25-15-13-24(14-16-25)18-22(26)23-12-5-17-31(27,28)20-6-3-2-4-7-20/h2-4,6-11H,5,12-18H2,1H3,(H,23,26). The smallest absolute Gasteiger partial charge is 0.243 e. The van der Waals surface area contributed by atoms with Gasteiger partial charge in [0.05, 0.1) is 22.1 Å². The third kappa shape index (κ3) is 6.38. The lowest BCUT2D eigenvalue weighted by molar-refractivity contribution is -0.122. The van der Waals surface area contributed by atoms with Crippen molar-refractivity contribution in [2.24, 2.45) is 0 Å². The van der Waals surface area contributed by atoms with Gasteiger partial charge in [0.2, 0.25) is 15.9 Å². The number of nitrogens with zero attached hydrogens (tertiary/aromatic N) is 2. The first kappa shape index (κ1) is 24.4. The van der Waals surface area contributed by atoms with Gasteiger partial charge >= 0.3 is 0 Å². The molecule has 1 heterocycles. The molecule has 1 saturated heterocycles. The molecular formula is C22H29N3O5S2. The molecule has 1 aliphatic heterocycles. The SMILES string of the molecule is Cc1ccc(S(=O)(=O)N2CCN(CC(=O)NCCCS(=O)(=O)c3ccccc3)CC2)cc1. The number of hydrogen-bond acceptors (Lipinski definition) is 6. The van der Waals surface area contributed by atoms with Gasteiger partial charge in [0.15, 0.2) is 9.84 Å². The third-order valence-electron chi connectivity index (χ3n) is 5.37. The number of carbonyl (C=O) groups is 1. The Bertz CT molecular complexity index is 1110. The molecule has 10 heteroatoms. The van der Waals surface area contributed by atoms with E-state index in [0.717, 1.165) is 5.56 Å². The molecule has 1 N–H and O–H groups in total. The topological polar surface area (TPSA) is 104 Å². The number of piperazine rings is 1. The Morgan fingerprint density at radius 3 is 2.12 bits per heavy atom. The van der Waals surface area contributed by atoms with Crippen LogP contribution in [0, 0.1) is 6.92 Å². The fourth-order valence-electron chi connectivity index (χ4n) is 3.48. The molecule has 1 amide bonds. The van der Waals surface area contributed by atoms with E-state index in [2.05, 4.69) is 5.32 Å². The molecule has 0 spiro atoms. The molecule has 0 aliphatic carbocycles. The highest BCUT2D eigenvalue weighted by atomic mass is 32.2. The average molecular weight is 480 g/mol. The summed E-state index contributed by atoms with van der Waals surface area (Å²) < 4.78 is 51.5. The molecular weight excluding hydrogens is 450 g/mol. The zero-order chi connectivity index (χ0) is 23.2. The zero-order valence-corrected chi connectivity index (χ0v) is 19.7. The van der Waals surface area contributed by atoms with Crippen LogP contribution in [0.25, 0.3) is 0 Å². The van der Waals surface area contributed by atoms with E-state index in [-0.39, 0.29) is 34.5 Å². The van der Waals surface area contributed by atoms with Gasteiger partial charge in [-0.25, -0.2) is 16.8 Å². The maximum absolute atomic E-state index is 12.8. The molecule has 3 rings (SSSR count). The number of benzene rings is 2. The lowest BCUT2D eigenvalue weighted by atomic mass is 10.2. The predicted molar refractivity (Wildman–Crippen MR) is 122 cm³/mol. The van der Waals surface area contributed by atoms with Gasteiger partial charge < -0.3 is 5.32 Å². The van der Waals surface area contributed by atoms with Crippen LogP contribution >= 0.6 is 0 Å². The van der Waals surface area contributed by atoms with Crippen molar-refractivity contribution in [1.82, 2.24) is 14.5 Å². The molecule has 32 heavy (non-hydrogen) atoms. The van der Waals surface area contributed by atoms with Crippen LogP contribution in [0.2, 0.25) is 0 Å². The van der Waals surface area contributed by atoms with Gasteiger partial charge in [-0.2, -0.15) is 4.31 Å². The number of amides is 1. The number of nitrogens with one attached hydrogen (secondary N) is 1. The van der Waals surface area contributed by atoms with Gasteiger partial charge in [-0.05, 0) is 37.6 Å². The molecule has 0 bridgehead atoms. The fraction of sp³-hybridized carbons (Fsp3) is 0.409.